The van der Waals surface area contributed by atoms with E-state index in [-0.39, 0.29) is 28.0 Å². The van der Waals surface area contributed by atoms with E-state index in [1.165, 1.54) is 37.4 Å². The van der Waals surface area contributed by atoms with Crippen LogP contribution in [0.1, 0.15) is 5.76 Å². The lowest BCUT2D eigenvalue weighted by Gasteiger charge is -2.14. The summed E-state index contributed by atoms with van der Waals surface area (Å²) in [5, 5.41) is 9.35. The Hall–Kier alpha value is -2.96. The van der Waals surface area contributed by atoms with Crippen molar-refractivity contribution < 1.29 is 27.4 Å². The fourth-order valence-electron chi connectivity index (χ4n) is 2.48. The van der Waals surface area contributed by atoms with Crippen LogP contribution < -0.4 is 10.2 Å². The van der Waals surface area contributed by atoms with Gasteiger partial charge in [-0.1, -0.05) is 18.2 Å². The maximum absolute atomic E-state index is 13.4. The third-order valence-electron chi connectivity index (χ3n) is 3.51. The van der Waals surface area contributed by atoms with Crippen LogP contribution in [0.5, 0.6) is 11.5 Å². The monoisotopic (exact) mass is 336 g/mol. The molecule has 1 N–H and O–H groups in total. The molecular formula is C17H11F3O4. The lowest BCUT2D eigenvalue weighted by atomic mass is 10.0. The quantitative estimate of drug-likeness (QED) is 0.762. The second-order valence-corrected chi connectivity index (χ2v) is 5.01. The fraction of sp³-hybridized carbons (Fsp3) is 0.118. The van der Waals surface area contributed by atoms with Gasteiger partial charge in [0.1, 0.15) is 17.1 Å². The van der Waals surface area contributed by atoms with Crippen LogP contribution in [0.3, 0.4) is 0 Å². The molecule has 3 rings (SSSR count). The molecule has 24 heavy (non-hydrogen) atoms. The fourth-order valence-corrected chi connectivity index (χ4v) is 2.48. The van der Waals surface area contributed by atoms with Crippen molar-refractivity contribution in [1.82, 2.24) is 0 Å². The number of rotatable bonds is 2. The Morgan fingerprint density at radius 1 is 1.12 bits per heavy atom. The van der Waals surface area contributed by atoms with E-state index >= 15 is 0 Å². The molecule has 0 aliphatic heterocycles. The standard InChI is InChI=1S/C17H11F3O4/c1-23-12-5-3-2-4-10(12)14-15(22)11-7-6-9(21)8-13(11)24-16(14)17(18,19)20/h2-8,21H,1H3. The highest BCUT2D eigenvalue weighted by Crippen LogP contribution is 2.40. The minimum atomic E-state index is -4.89. The van der Waals surface area contributed by atoms with Crippen molar-refractivity contribution in [2.75, 3.05) is 7.11 Å². The highest BCUT2D eigenvalue weighted by atomic mass is 19.4. The minimum absolute atomic E-state index is 0.0175. The van der Waals surface area contributed by atoms with Crippen LogP contribution in [-0.2, 0) is 6.18 Å². The van der Waals surface area contributed by atoms with Crippen LogP contribution in [0.2, 0.25) is 0 Å². The number of benzene rings is 2. The molecule has 0 bridgehead atoms. The first kappa shape index (κ1) is 15.9. The molecule has 0 saturated carbocycles. The Labute approximate surface area is 133 Å². The second kappa shape index (κ2) is 5.59. The number of halogens is 3. The molecule has 0 amide bonds. The van der Waals surface area contributed by atoms with E-state index in [0.29, 0.717) is 0 Å². The number of ether oxygens (including phenoxy) is 1. The van der Waals surface area contributed by atoms with Gasteiger partial charge in [0.05, 0.1) is 18.1 Å². The molecule has 0 fully saturated rings. The van der Waals surface area contributed by atoms with Gasteiger partial charge >= 0.3 is 6.18 Å². The van der Waals surface area contributed by atoms with E-state index in [4.69, 9.17) is 9.15 Å². The molecule has 0 saturated heterocycles. The number of aromatic hydroxyl groups is 1. The van der Waals surface area contributed by atoms with Gasteiger partial charge in [-0.3, -0.25) is 4.79 Å². The molecule has 1 aromatic heterocycles. The first-order valence-corrected chi connectivity index (χ1v) is 6.83. The number of methoxy groups -OCH3 is 1. The van der Waals surface area contributed by atoms with Crippen molar-refractivity contribution in [2.45, 2.75) is 6.18 Å². The van der Waals surface area contributed by atoms with Gasteiger partial charge in [0.15, 0.2) is 0 Å². The zero-order valence-corrected chi connectivity index (χ0v) is 12.3. The van der Waals surface area contributed by atoms with E-state index in [0.717, 1.165) is 6.07 Å². The zero-order chi connectivity index (χ0) is 17.5. The van der Waals surface area contributed by atoms with E-state index in [2.05, 4.69) is 0 Å². The third-order valence-corrected chi connectivity index (χ3v) is 3.51. The Morgan fingerprint density at radius 2 is 1.83 bits per heavy atom. The summed E-state index contributed by atoms with van der Waals surface area (Å²) in [6.45, 7) is 0. The van der Waals surface area contributed by atoms with Gasteiger partial charge in [-0.25, -0.2) is 0 Å². The normalized spacial score (nSPS) is 11.7. The van der Waals surface area contributed by atoms with Crippen molar-refractivity contribution in [3.8, 4) is 22.6 Å². The summed E-state index contributed by atoms with van der Waals surface area (Å²) in [7, 11) is 1.30. The number of fused-ring (bicyclic) bond motifs is 1. The summed E-state index contributed by atoms with van der Waals surface area (Å²) < 4.78 is 50.3. The molecule has 0 radical (unpaired) electrons. The Morgan fingerprint density at radius 3 is 2.50 bits per heavy atom. The molecule has 0 atom stereocenters. The summed E-state index contributed by atoms with van der Waals surface area (Å²) in [5.74, 6) is -1.62. The maximum atomic E-state index is 13.4. The Bertz CT molecular complexity index is 974. The zero-order valence-electron chi connectivity index (χ0n) is 12.3. The molecule has 7 heteroatoms. The highest BCUT2D eigenvalue weighted by Gasteiger charge is 2.40. The van der Waals surface area contributed by atoms with Gasteiger partial charge in [-0.05, 0) is 18.2 Å². The summed E-state index contributed by atoms with van der Waals surface area (Å²) in [6.07, 6.45) is -4.89. The van der Waals surface area contributed by atoms with E-state index in [1.807, 2.05) is 0 Å². The van der Waals surface area contributed by atoms with Crippen molar-refractivity contribution in [2.24, 2.45) is 0 Å². The second-order valence-electron chi connectivity index (χ2n) is 5.01. The summed E-state index contributed by atoms with van der Waals surface area (Å²) in [6, 6.07) is 9.28. The third kappa shape index (κ3) is 2.58. The number of phenolic OH excluding ortho intramolecular Hbond substituents is 1. The molecule has 3 aromatic rings. The molecule has 0 aliphatic carbocycles. The van der Waals surface area contributed by atoms with Crippen LogP contribution in [0.25, 0.3) is 22.1 Å². The van der Waals surface area contributed by atoms with Crippen LogP contribution in [-0.4, -0.2) is 12.2 Å². The molecule has 4 nitrogen and oxygen atoms in total. The number of hydrogen-bond donors (Lipinski definition) is 1. The SMILES string of the molecule is COc1ccccc1-c1c(C(F)(F)F)oc2cc(O)ccc2c1=O. The maximum Gasteiger partial charge on any atom is 0.450 e. The average molecular weight is 336 g/mol. The number of para-hydroxylation sites is 1. The van der Waals surface area contributed by atoms with Gasteiger partial charge in [0, 0.05) is 11.6 Å². The summed E-state index contributed by atoms with van der Waals surface area (Å²) in [4.78, 5) is 12.7. The predicted octanol–water partition coefficient (Wildman–Crippen LogP) is 4.19. The summed E-state index contributed by atoms with van der Waals surface area (Å²) in [5.41, 5.74) is -1.84. The van der Waals surface area contributed by atoms with Gasteiger partial charge in [0.25, 0.3) is 0 Å². The first-order chi connectivity index (χ1) is 11.3. The molecule has 0 aliphatic rings. The van der Waals surface area contributed by atoms with Crippen LogP contribution >= 0.6 is 0 Å². The Kier molecular flexibility index (Phi) is 3.71. The average Bonchev–Trinajstić information content (AvgIpc) is 2.53. The van der Waals surface area contributed by atoms with Crippen LogP contribution in [0.4, 0.5) is 13.2 Å². The minimum Gasteiger partial charge on any atom is -0.508 e. The van der Waals surface area contributed by atoms with Gasteiger partial charge in [-0.15, -0.1) is 0 Å². The molecule has 124 valence electrons. The van der Waals surface area contributed by atoms with Crippen molar-refractivity contribution in [3.63, 3.8) is 0 Å². The van der Waals surface area contributed by atoms with E-state index in [1.54, 1.807) is 6.07 Å². The first-order valence-electron chi connectivity index (χ1n) is 6.83. The molecule has 2 aromatic carbocycles. The number of phenols is 1. The van der Waals surface area contributed by atoms with Gasteiger partial charge in [-0.2, -0.15) is 13.2 Å². The molecule has 0 unspecified atom stereocenters. The smallest absolute Gasteiger partial charge is 0.450 e. The van der Waals surface area contributed by atoms with Crippen molar-refractivity contribution in [3.05, 3.63) is 58.4 Å². The Balaban J connectivity index is 2.48. The molecular weight excluding hydrogens is 325 g/mol. The highest BCUT2D eigenvalue weighted by molar-refractivity contribution is 5.85. The molecule has 0 spiro atoms. The largest absolute Gasteiger partial charge is 0.508 e. The van der Waals surface area contributed by atoms with Gasteiger partial charge < -0.3 is 14.3 Å². The lowest BCUT2D eigenvalue weighted by molar-refractivity contribution is -0.152. The van der Waals surface area contributed by atoms with Crippen molar-refractivity contribution in [1.29, 1.82) is 0 Å². The lowest BCUT2D eigenvalue weighted by Crippen LogP contribution is -2.16. The summed E-state index contributed by atoms with van der Waals surface area (Å²) >= 11 is 0. The van der Waals surface area contributed by atoms with Crippen molar-refractivity contribution >= 4 is 11.0 Å². The van der Waals surface area contributed by atoms with Crippen LogP contribution in [0, 0.1) is 0 Å². The molecule has 1 heterocycles. The van der Waals surface area contributed by atoms with Crippen LogP contribution in [0.15, 0.2) is 51.7 Å². The van der Waals surface area contributed by atoms with E-state index in [9.17, 15) is 23.1 Å². The number of alkyl halides is 3. The van der Waals surface area contributed by atoms with Gasteiger partial charge in [0.2, 0.25) is 11.2 Å². The predicted molar refractivity (Wildman–Crippen MR) is 81.1 cm³/mol. The topological polar surface area (TPSA) is 59.7 Å². The van der Waals surface area contributed by atoms with E-state index < -0.39 is 22.9 Å². The number of hydrogen-bond acceptors (Lipinski definition) is 4.